The van der Waals surface area contributed by atoms with E-state index in [0.29, 0.717) is 22.4 Å². The third-order valence-electron chi connectivity index (χ3n) is 2.25. The quantitative estimate of drug-likeness (QED) is 0.848. The number of carbonyl (C=O) groups is 1. The zero-order chi connectivity index (χ0) is 12.8. The Morgan fingerprint density at radius 1 is 1.35 bits per heavy atom. The molecule has 0 aliphatic carbocycles. The van der Waals surface area contributed by atoms with Crippen molar-refractivity contribution in [1.82, 2.24) is 5.32 Å². The van der Waals surface area contributed by atoms with Crippen LogP contribution >= 0.6 is 15.9 Å². The van der Waals surface area contributed by atoms with E-state index < -0.39 is 0 Å². The number of amides is 1. The molecule has 0 bridgehead atoms. The first kappa shape index (κ1) is 13.8. The highest BCUT2D eigenvalue weighted by molar-refractivity contribution is 9.09. The molecule has 0 aliphatic rings. The zero-order valence-corrected chi connectivity index (χ0v) is 11.7. The molecule has 0 fully saturated rings. The number of hydrogen-bond acceptors (Lipinski definition) is 3. The average molecular weight is 302 g/mol. The number of hydrogen-bond donors (Lipinski definition) is 1. The third kappa shape index (κ3) is 3.63. The van der Waals surface area contributed by atoms with E-state index in [0.717, 1.165) is 0 Å². The van der Waals surface area contributed by atoms with Gasteiger partial charge in [-0.1, -0.05) is 15.9 Å². The molecule has 1 atom stereocenters. The number of benzene rings is 1. The highest BCUT2D eigenvalue weighted by atomic mass is 79.9. The molecule has 17 heavy (non-hydrogen) atoms. The van der Waals surface area contributed by atoms with E-state index in [4.69, 9.17) is 9.47 Å². The van der Waals surface area contributed by atoms with Crippen molar-refractivity contribution in [3.63, 3.8) is 0 Å². The molecule has 5 heteroatoms. The Labute approximate surface area is 109 Å². The van der Waals surface area contributed by atoms with E-state index in [1.54, 1.807) is 32.4 Å². The lowest BCUT2D eigenvalue weighted by Gasteiger charge is -2.12. The molecule has 0 aliphatic heterocycles. The Kier molecular flexibility index (Phi) is 5.28. The summed E-state index contributed by atoms with van der Waals surface area (Å²) in [6.07, 6.45) is 0. The largest absolute Gasteiger partial charge is 0.493 e. The van der Waals surface area contributed by atoms with E-state index in [9.17, 15) is 4.79 Å². The fraction of sp³-hybridized carbons (Fsp3) is 0.417. The summed E-state index contributed by atoms with van der Waals surface area (Å²) in [6, 6.07) is 5.16. The first-order valence-corrected chi connectivity index (χ1v) is 6.33. The van der Waals surface area contributed by atoms with Crippen molar-refractivity contribution in [3.05, 3.63) is 23.8 Å². The highest BCUT2D eigenvalue weighted by Gasteiger charge is 2.12. The Balaban J connectivity index is 2.88. The van der Waals surface area contributed by atoms with Gasteiger partial charge in [0.1, 0.15) is 0 Å². The molecule has 1 unspecified atom stereocenters. The minimum absolute atomic E-state index is 0.0793. The number of nitrogens with one attached hydrogen (secondary N) is 1. The molecule has 1 N–H and O–H groups in total. The number of methoxy groups -OCH3 is 2. The van der Waals surface area contributed by atoms with E-state index in [1.807, 2.05) is 6.92 Å². The van der Waals surface area contributed by atoms with Crippen LogP contribution in [0, 0.1) is 0 Å². The summed E-state index contributed by atoms with van der Waals surface area (Å²) in [5.41, 5.74) is 0.551. The van der Waals surface area contributed by atoms with Crippen molar-refractivity contribution < 1.29 is 14.3 Å². The summed E-state index contributed by atoms with van der Waals surface area (Å²) in [5.74, 6) is 1.03. The molecule has 0 saturated heterocycles. The summed E-state index contributed by atoms with van der Waals surface area (Å²) in [5, 5.41) is 3.57. The van der Waals surface area contributed by atoms with Crippen molar-refractivity contribution in [1.29, 1.82) is 0 Å². The van der Waals surface area contributed by atoms with Gasteiger partial charge in [0, 0.05) is 16.9 Å². The van der Waals surface area contributed by atoms with Crippen LogP contribution in [-0.2, 0) is 0 Å². The second-order valence-corrected chi connectivity index (χ2v) is 4.25. The van der Waals surface area contributed by atoms with Gasteiger partial charge >= 0.3 is 0 Å². The van der Waals surface area contributed by atoms with E-state index in [-0.39, 0.29) is 11.9 Å². The van der Waals surface area contributed by atoms with Gasteiger partial charge in [-0.3, -0.25) is 4.79 Å². The van der Waals surface area contributed by atoms with Crippen molar-refractivity contribution in [2.24, 2.45) is 0 Å². The fourth-order valence-corrected chi connectivity index (χ4v) is 1.49. The lowest BCUT2D eigenvalue weighted by Crippen LogP contribution is -2.33. The standard InChI is InChI=1S/C12H16BrNO3/c1-8(7-13)14-12(15)9-4-5-10(16-2)11(6-9)17-3/h4-6,8H,7H2,1-3H3,(H,14,15). The van der Waals surface area contributed by atoms with Crippen LogP contribution in [0.5, 0.6) is 11.5 Å². The van der Waals surface area contributed by atoms with Gasteiger partial charge in [0.05, 0.1) is 14.2 Å². The number of halogens is 1. The maximum absolute atomic E-state index is 11.9. The summed E-state index contributed by atoms with van der Waals surface area (Å²) in [4.78, 5) is 11.9. The van der Waals surface area contributed by atoms with Crippen LogP contribution < -0.4 is 14.8 Å². The van der Waals surface area contributed by atoms with Gasteiger partial charge in [0.2, 0.25) is 0 Å². The summed E-state index contributed by atoms with van der Waals surface area (Å²) in [6.45, 7) is 1.92. The first-order valence-electron chi connectivity index (χ1n) is 5.21. The van der Waals surface area contributed by atoms with Crippen molar-refractivity contribution in [3.8, 4) is 11.5 Å². The highest BCUT2D eigenvalue weighted by Crippen LogP contribution is 2.27. The molecule has 0 aromatic heterocycles. The van der Waals surface area contributed by atoms with Crippen molar-refractivity contribution in [2.75, 3.05) is 19.5 Å². The minimum Gasteiger partial charge on any atom is -0.493 e. The van der Waals surface area contributed by atoms with Crippen LogP contribution in [-0.4, -0.2) is 31.5 Å². The summed E-state index contributed by atoms with van der Waals surface area (Å²) >= 11 is 3.31. The number of ether oxygens (including phenoxy) is 2. The average Bonchev–Trinajstić information content (AvgIpc) is 2.37. The lowest BCUT2D eigenvalue weighted by molar-refractivity contribution is 0.0943. The molecule has 1 aromatic rings. The molecule has 1 aromatic carbocycles. The predicted molar refractivity (Wildman–Crippen MR) is 70.3 cm³/mol. The molecule has 0 heterocycles. The van der Waals surface area contributed by atoms with E-state index in [2.05, 4.69) is 21.2 Å². The molecule has 1 amide bonds. The Bertz CT molecular complexity index is 395. The number of alkyl halides is 1. The summed E-state index contributed by atoms with van der Waals surface area (Å²) < 4.78 is 10.3. The third-order valence-corrected chi connectivity index (χ3v) is 3.23. The van der Waals surface area contributed by atoms with E-state index >= 15 is 0 Å². The van der Waals surface area contributed by atoms with Crippen LogP contribution in [0.1, 0.15) is 17.3 Å². The molecule has 0 saturated carbocycles. The normalized spacial score (nSPS) is 11.8. The lowest BCUT2D eigenvalue weighted by atomic mass is 10.2. The van der Waals surface area contributed by atoms with Gasteiger partial charge in [-0.05, 0) is 25.1 Å². The second kappa shape index (κ2) is 6.49. The molecular weight excluding hydrogens is 286 g/mol. The molecule has 0 spiro atoms. The number of rotatable bonds is 5. The van der Waals surface area contributed by atoms with Crippen molar-refractivity contribution >= 4 is 21.8 Å². The van der Waals surface area contributed by atoms with Gasteiger partial charge in [0.15, 0.2) is 11.5 Å². The van der Waals surface area contributed by atoms with Crippen molar-refractivity contribution in [2.45, 2.75) is 13.0 Å². The SMILES string of the molecule is COc1ccc(C(=O)NC(C)CBr)cc1OC. The minimum atomic E-state index is -0.127. The maximum atomic E-state index is 11.9. The van der Waals surface area contributed by atoms with Gasteiger partial charge in [-0.25, -0.2) is 0 Å². The van der Waals surface area contributed by atoms with Gasteiger partial charge in [-0.15, -0.1) is 0 Å². The Hall–Kier alpha value is -1.23. The second-order valence-electron chi connectivity index (χ2n) is 3.60. The smallest absolute Gasteiger partial charge is 0.251 e. The zero-order valence-electron chi connectivity index (χ0n) is 10.1. The monoisotopic (exact) mass is 301 g/mol. The predicted octanol–water partition coefficient (Wildman–Crippen LogP) is 2.22. The van der Waals surface area contributed by atoms with Crippen LogP contribution in [0.3, 0.4) is 0 Å². The van der Waals surface area contributed by atoms with Crippen LogP contribution in [0.4, 0.5) is 0 Å². The van der Waals surface area contributed by atoms with Gasteiger partial charge in [0.25, 0.3) is 5.91 Å². The topological polar surface area (TPSA) is 47.6 Å². The molecular formula is C12H16BrNO3. The van der Waals surface area contributed by atoms with Gasteiger partial charge < -0.3 is 14.8 Å². The molecule has 1 rings (SSSR count). The molecule has 4 nitrogen and oxygen atoms in total. The van der Waals surface area contributed by atoms with Crippen LogP contribution in [0.15, 0.2) is 18.2 Å². The van der Waals surface area contributed by atoms with Crippen LogP contribution in [0.2, 0.25) is 0 Å². The van der Waals surface area contributed by atoms with E-state index in [1.165, 1.54) is 0 Å². The molecule has 0 radical (unpaired) electrons. The number of carbonyl (C=O) groups excluding carboxylic acids is 1. The van der Waals surface area contributed by atoms with Gasteiger partial charge in [-0.2, -0.15) is 0 Å². The van der Waals surface area contributed by atoms with Crippen LogP contribution in [0.25, 0.3) is 0 Å². The molecule has 94 valence electrons. The Morgan fingerprint density at radius 3 is 2.53 bits per heavy atom. The maximum Gasteiger partial charge on any atom is 0.251 e. The summed E-state index contributed by atoms with van der Waals surface area (Å²) in [7, 11) is 3.10. The Morgan fingerprint density at radius 2 is 2.00 bits per heavy atom. The fourth-order valence-electron chi connectivity index (χ4n) is 1.32. The first-order chi connectivity index (χ1) is 8.12.